The predicted octanol–water partition coefficient (Wildman–Crippen LogP) is 1.07. The molecule has 1 unspecified atom stereocenters. The standard InChI is InChI=1S/C11H18N2O3S2/c1-11(3-2-4-17-11)8-13-18(15,16)10-5-9(7-14)12-6-10/h5-6,12-14H,2-4,7-8H2,1H3. The summed E-state index contributed by atoms with van der Waals surface area (Å²) in [4.78, 5) is 2.90. The second-order valence-electron chi connectivity index (χ2n) is 4.75. The maximum absolute atomic E-state index is 12.0. The molecule has 0 radical (unpaired) electrons. The molecule has 0 spiro atoms. The Morgan fingerprint density at radius 1 is 1.61 bits per heavy atom. The normalized spacial score (nSPS) is 24.6. The number of nitrogens with one attached hydrogen (secondary N) is 2. The average Bonchev–Trinajstić information content (AvgIpc) is 2.96. The van der Waals surface area contributed by atoms with Crippen LogP contribution in [0.3, 0.4) is 0 Å². The first kappa shape index (κ1) is 13.9. The van der Waals surface area contributed by atoms with Gasteiger partial charge in [-0.25, -0.2) is 13.1 Å². The van der Waals surface area contributed by atoms with Gasteiger partial charge < -0.3 is 10.1 Å². The number of aromatic nitrogens is 1. The molecule has 0 bridgehead atoms. The van der Waals surface area contributed by atoms with Crippen molar-refractivity contribution in [2.75, 3.05) is 12.3 Å². The molecule has 102 valence electrons. The van der Waals surface area contributed by atoms with Crippen molar-refractivity contribution in [3.8, 4) is 0 Å². The van der Waals surface area contributed by atoms with E-state index in [-0.39, 0.29) is 16.2 Å². The van der Waals surface area contributed by atoms with Crippen molar-refractivity contribution in [1.82, 2.24) is 9.71 Å². The molecule has 3 N–H and O–H groups in total. The molecule has 1 aromatic rings. The number of H-pyrrole nitrogens is 1. The summed E-state index contributed by atoms with van der Waals surface area (Å²) in [5.41, 5.74) is 0.497. The van der Waals surface area contributed by atoms with Crippen LogP contribution in [0.5, 0.6) is 0 Å². The molecule has 0 saturated carbocycles. The Morgan fingerprint density at radius 2 is 2.39 bits per heavy atom. The Balaban J connectivity index is 2.03. The van der Waals surface area contributed by atoms with Gasteiger partial charge in [0.05, 0.1) is 11.5 Å². The fourth-order valence-corrected chi connectivity index (χ4v) is 4.50. The van der Waals surface area contributed by atoms with Gasteiger partial charge in [-0.15, -0.1) is 0 Å². The number of rotatable bonds is 5. The maximum Gasteiger partial charge on any atom is 0.242 e. The topological polar surface area (TPSA) is 82.2 Å². The van der Waals surface area contributed by atoms with E-state index in [4.69, 9.17) is 5.11 Å². The van der Waals surface area contributed by atoms with Crippen molar-refractivity contribution in [2.45, 2.75) is 36.0 Å². The lowest BCUT2D eigenvalue weighted by Crippen LogP contribution is -2.36. The van der Waals surface area contributed by atoms with Crippen molar-refractivity contribution in [1.29, 1.82) is 0 Å². The molecule has 1 fully saturated rings. The van der Waals surface area contributed by atoms with Crippen LogP contribution in [0.15, 0.2) is 17.2 Å². The molecular weight excluding hydrogens is 272 g/mol. The SMILES string of the molecule is CC1(CNS(=O)(=O)c2c[nH]c(CO)c2)CCCS1. The Bertz CT molecular complexity index is 504. The predicted molar refractivity (Wildman–Crippen MR) is 72.0 cm³/mol. The summed E-state index contributed by atoms with van der Waals surface area (Å²) in [6.07, 6.45) is 3.58. The summed E-state index contributed by atoms with van der Waals surface area (Å²) in [5, 5.41) is 8.91. The third kappa shape index (κ3) is 3.09. The molecule has 1 aliphatic rings. The molecule has 2 heterocycles. The first-order valence-corrected chi connectivity index (χ1v) is 8.34. The Labute approximate surface area is 111 Å². The molecule has 1 saturated heterocycles. The average molecular weight is 290 g/mol. The zero-order valence-corrected chi connectivity index (χ0v) is 11.9. The number of thioether (sulfide) groups is 1. The molecule has 1 aromatic heterocycles. The number of aliphatic hydroxyl groups is 1. The summed E-state index contributed by atoms with van der Waals surface area (Å²) in [5.74, 6) is 1.09. The van der Waals surface area contributed by atoms with Gasteiger partial charge in [-0.1, -0.05) is 0 Å². The molecule has 2 rings (SSSR count). The van der Waals surface area contributed by atoms with Gasteiger partial charge in [0.1, 0.15) is 0 Å². The van der Waals surface area contributed by atoms with Gasteiger partial charge in [0, 0.05) is 23.2 Å². The lowest BCUT2D eigenvalue weighted by atomic mass is 10.1. The summed E-state index contributed by atoms with van der Waals surface area (Å²) >= 11 is 1.82. The number of hydrogen-bond donors (Lipinski definition) is 3. The first-order chi connectivity index (χ1) is 8.45. The summed E-state index contributed by atoms with van der Waals surface area (Å²) < 4.78 is 26.7. The van der Waals surface area contributed by atoms with E-state index >= 15 is 0 Å². The molecule has 18 heavy (non-hydrogen) atoms. The molecule has 1 atom stereocenters. The Hall–Kier alpha value is -0.500. The zero-order chi connectivity index (χ0) is 13.2. The van der Waals surface area contributed by atoms with Gasteiger partial charge >= 0.3 is 0 Å². The first-order valence-electron chi connectivity index (χ1n) is 5.87. The van der Waals surface area contributed by atoms with Gasteiger partial charge in [0.15, 0.2) is 0 Å². The van der Waals surface area contributed by atoms with Crippen LogP contribution < -0.4 is 4.72 Å². The van der Waals surface area contributed by atoms with Crippen LogP contribution in [0.4, 0.5) is 0 Å². The van der Waals surface area contributed by atoms with E-state index < -0.39 is 10.0 Å². The third-order valence-electron chi connectivity index (χ3n) is 3.13. The number of aliphatic hydroxyl groups excluding tert-OH is 1. The van der Waals surface area contributed by atoms with Gasteiger partial charge in [0.2, 0.25) is 10.0 Å². The van der Waals surface area contributed by atoms with Crippen molar-refractivity contribution >= 4 is 21.8 Å². The van der Waals surface area contributed by atoms with E-state index in [0.29, 0.717) is 12.2 Å². The molecule has 0 aliphatic carbocycles. The molecule has 7 heteroatoms. The summed E-state index contributed by atoms with van der Waals surface area (Å²) in [7, 11) is -3.48. The second-order valence-corrected chi connectivity index (χ2v) is 8.19. The van der Waals surface area contributed by atoms with Crippen LogP contribution >= 0.6 is 11.8 Å². The van der Waals surface area contributed by atoms with Crippen LogP contribution in [0.1, 0.15) is 25.5 Å². The minimum atomic E-state index is -3.48. The van der Waals surface area contributed by atoms with Gasteiger partial charge in [-0.3, -0.25) is 0 Å². The fraction of sp³-hybridized carbons (Fsp3) is 0.636. The Morgan fingerprint density at radius 3 is 2.94 bits per heavy atom. The Kier molecular flexibility index (Phi) is 4.05. The lowest BCUT2D eigenvalue weighted by molar-refractivity contribution is 0.277. The number of aromatic amines is 1. The van der Waals surface area contributed by atoms with Crippen LogP contribution in [0.25, 0.3) is 0 Å². The van der Waals surface area contributed by atoms with Crippen molar-refractivity contribution in [2.24, 2.45) is 0 Å². The van der Waals surface area contributed by atoms with E-state index in [1.165, 1.54) is 12.3 Å². The third-order valence-corrected chi connectivity index (χ3v) is 6.05. The fourth-order valence-electron chi connectivity index (χ4n) is 1.97. The van der Waals surface area contributed by atoms with Crippen LogP contribution in [0.2, 0.25) is 0 Å². The highest BCUT2D eigenvalue weighted by Crippen LogP contribution is 2.37. The minimum Gasteiger partial charge on any atom is -0.390 e. The maximum atomic E-state index is 12.0. The highest BCUT2D eigenvalue weighted by molar-refractivity contribution is 8.01. The highest BCUT2D eigenvalue weighted by Gasteiger charge is 2.31. The van der Waals surface area contributed by atoms with Gasteiger partial charge in [-0.05, 0) is 31.6 Å². The van der Waals surface area contributed by atoms with Crippen molar-refractivity contribution < 1.29 is 13.5 Å². The monoisotopic (exact) mass is 290 g/mol. The van der Waals surface area contributed by atoms with E-state index in [1.54, 1.807) is 0 Å². The summed E-state index contributed by atoms with van der Waals surface area (Å²) in [6.45, 7) is 2.34. The lowest BCUT2D eigenvalue weighted by Gasteiger charge is -2.22. The largest absolute Gasteiger partial charge is 0.390 e. The smallest absolute Gasteiger partial charge is 0.242 e. The van der Waals surface area contributed by atoms with Crippen LogP contribution in [0, 0.1) is 0 Å². The van der Waals surface area contributed by atoms with Crippen LogP contribution in [-0.2, 0) is 16.6 Å². The van der Waals surface area contributed by atoms with Gasteiger partial charge in [0.25, 0.3) is 0 Å². The van der Waals surface area contributed by atoms with E-state index in [0.717, 1.165) is 18.6 Å². The van der Waals surface area contributed by atoms with E-state index in [1.807, 2.05) is 11.8 Å². The zero-order valence-electron chi connectivity index (χ0n) is 10.3. The summed E-state index contributed by atoms with van der Waals surface area (Å²) in [6, 6.07) is 1.45. The molecule has 5 nitrogen and oxygen atoms in total. The number of sulfonamides is 1. The molecule has 0 amide bonds. The second kappa shape index (κ2) is 5.24. The van der Waals surface area contributed by atoms with Crippen LogP contribution in [-0.4, -0.2) is 35.6 Å². The highest BCUT2D eigenvalue weighted by atomic mass is 32.2. The van der Waals surface area contributed by atoms with Crippen molar-refractivity contribution in [3.05, 3.63) is 18.0 Å². The molecular formula is C11H18N2O3S2. The molecule has 0 aromatic carbocycles. The van der Waals surface area contributed by atoms with E-state index in [9.17, 15) is 8.42 Å². The quantitative estimate of drug-likeness (QED) is 0.757. The van der Waals surface area contributed by atoms with Gasteiger partial charge in [-0.2, -0.15) is 11.8 Å². The minimum absolute atomic E-state index is 0.00316. The van der Waals surface area contributed by atoms with Crippen molar-refractivity contribution in [3.63, 3.8) is 0 Å². The van der Waals surface area contributed by atoms with E-state index in [2.05, 4.69) is 16.6 Å². The molecule has 1 aliphatic heterocycles. The number of hydrogen-bond acceptors (Lipinski definition) is 4.